The van der Waals surface area contributed by atoms with Gasteiger partial charge in [0.05, 0.1) is 0 Å². The van der Waals surface area contributed by atoms with Gasteiger partial charge in [-0.05, 0) is 32.7 Å². The quantitative estimate of drug-likeness (QED) is 0.826. The summed E-state index contributed by atoms with van der Waals surface area (Å²) in [5, 5.41) is 3.29. The van der Waals surface area contributed by atoms with Gasteiger partial charge >= 0.3 is 0 Å². The molecular weight excluding hydrogens is 224 g/mol. The maximum absolute atomic E-state index is 12.4. The van der Waals surface area contributed by atoms with Crippen LogP contribution in [0.2, 0.25) is 0 Å². The second-order valence-electron chi connectivity index (χ2n) is 5.18. The summed E-state index contributed by atoms with van der Waals surface area (Å²) in [5.74, 6) is 0.231. The molecule has 3 heteroatoms. The Morgan fingerprint density at radius 3 is 3.00 bits per heavy atom. The number of piperidine rings is 1. The molecule has 1 atom stereocenters. The highest BCUT2D eigenvalue weighted by Gasteiger charge is 2.41. The largest absolute Gasteiger partial charge is 0.344 e. The van der Waals surface area contributed by atoms with Crippen molar-refractivity contribution in [3.05, 3.63) is 36.0 Å². The minimum Gasteiger partial charge on any atom is -0.344 e. The van der Waals surface area contributed by atoms with Crippen molar-refractivity contribution in [3.8, 4) is 0 Å². The van der Waals surface area contributed by atoms with Gasteiger partial charge in [-0.15, -0.1) is 0 Å². The van der Waals surface area contributed by atoms with E-state index in [2.05, 4.69) is 29.6 Å². The lowest BCUT2D eigenvalue weighted by Gasteiger charge is -2.40. The van der Waals surface area contributed by atoms with E-state index in [1.54, 1.807) is 0 Å². The zero-order chi connectivity index (χ0) is 13.0. The predicted octanol–water partition coefficient (Wildman–Crippen LogP) is 2.03. The van der Waals surface area contributed by atoms with Crippen molar-refractivity contribution in [3.63, 3.8) is 0 Å². The Kier molecular flexibility index (Phi) is 4.02. The highest BCUT2D eigenvalue weighted by Crippen LogP contribution is 2.30. The van der Waals surface area contributed by atoms with Crippen LogP contribution < -0.4 is 5.32 Å². The summed E-state index contributed by atoms with van der Waals surface area (Å²) in [4.78, 5) is 14.3. The summed E-state index contributed by atoms with van der Waals surface area (Å²) in [6.45, 7) is 0.876. The van der Waals surface area contributed by atoms with E-state index in [0.29, 0.717) is 0 Å². The van der Waals surface area contributed by atoms with Crippen LogP contribution in [0.5, 0.6) is 0 Å². The minimum absolute atomic E-state index is 0.231. The molecule has 0 aromatic heterocycles. The van der Waals surface area contributed by atoms with Crippen LogP contribution in [-0.4, -0.2) is 37.0 Å². The van der Waals surface area contributed by atoms with Gasteiger partial charge in [-0.3, -0.25) is 4.79 Å². The van der Waals surface area contributed by atoms with Crippen molar-refractivity contribution < 1.29 is 4.79 Å². The fraction of sp³-hybridized carbons (Fsp3) is 0.533. The normalized spacial score (nSPS) is 28.2. The molecule has 2 rings (SSSR count). The van der Waals surface area contributed by atoms with E-state index < -0.39 is 5.54 Å². The second kappa shape index (κ2) is 5.53. The number of nitrogens with zero attached hydrogens (tertiary/aromatic N) is 1. The van der Waals surface area contributed by atoms with Crippen LogP contribution in [0.25, 0.3) is 0 Å². The number of rotatable bonds is 3. The third-order valence-corrected chi connectivity index (χ3v) is 3.93. The first-order chi connectivity index (χ1) is 8.68. The molecule has 1 aliphatic carbocycles. The zero-order valence-corrected chi connectivity index (χ0v) is 11.3. The molecule has 0 aromatic rings. The molecule has 18 heavy (non-hydrogen) atoms. The van der Waals surface area contributed by atoms with Crippen molar-refractivity contribution in [2.45, 2.75) is 31.2 Å². The smallest absolute Gasteiger partial charge is 0.242 e. The molecule has 0 aromatic carbocycles. The van der Waals surface area contributed by atoms with Gasteiger partial charge in [-0.25, -0.2) is 0 Å². The monoisotopic (exact) mass is 246 g/mol. The Hall–Kier alpha value is -1.35. The summed E-state index contributed by atoms with van der Waals surface area (Å²) in [7, 11) is 3.80. The molecule has 98 valence electrons. The number of likely N-dealkylation sites (tertiary alicyclic amines) is 1. The van der Waals surface area contributed by atoms with E-state index in [0.717, 1.165) is 32.2 Å². The average Bonchev–Trinajstić information content (AvgIpc) is 2.64. The van der Waals surface area contributed by atoms with Crippen molar-refractivity contribution in [1.82, 2.24) is 10.2 Å². The van der Waals surface area contributed by atoms with E-state index in [1.165, 1.54) is 5.57 Å². The van der Waals surface area contributed by atoms with Gasteiger partial charge < -0.3 is 10.2 Å². The minimum atomic E-state index is -0.398. The Balaban J connectivity index is 2.17. The number of likely N-dealkylation sites (N-methyl/N-ethyl adjacent to an activating group) is 2. The van der Waals surface area contributed by atoms with E-state index in [-0.39, 0.29) is 5.91 Å². The molecule has 0 bridgehead atoms. The van der Waals surface area contributed by atoms with E-state index in [4.69, 9.17) is 0 Å². The lowest BCUT2D eigenvalue weighted by molar-refractivity contribution is -0.140. The highest BCUT2D eigenvalue weighted by atomic mass is 16.2. The maximum atomic E-state index is 12.4. The third-order valence-electron chi connectivity index (χ3n) is 3.93. The summed E-state index contributed by atoms with van der Waals surface area (Å²) in [5.41, 5.74) is 0.920. The average molecular weight is 246 g/mol. The lowest BCUT2D eigenvalue weighted by Crippen LogP contribution is -2.59. The van der Waals surface area contributed by atoms with Gasteiger partial charge in [0, 0.05) is 13.6 Å². The van der Waals surface area contributed by atoms with Crippen molar-refractivity contribution in [1.29, 1.82) is 0 Å². The molecular formula is C15H22N2O. The Labute approximate surface area is 109 Å². The number of carbonyl (C=O) groups excluding carboxylic acids is 1. The zero-order valence-electron chi connectivity index (χ0n) is 11.3. The Morgan fingerprint density at radius 1 is 1.39 bits per heavy atom. The van der Waals surface area contributed by atoms with Gasteiger partial charge in [0.15, 0.2) is 0 Å². The first-order valence-corrected chi connectivity index (χ1v) is 6.64. The highest BCUT2D eigenvalue weighted by molar-refractivity contribution is 5.87. The van der Waals surface area contributed by atoms with Crippen LogP contribution in [-0.2, 0) is 4.79 Å². The fourth-order valence-electron chi connectivity index (χ4n) is 2.82. The fourth-order valence-corrected chi connectivity index (χ4v) is 2.82. The van der Waals surface area contributed by atoms with Crippen LogP contribution >= 0.6 is 0 Å². The number of amides is 1. The van der Waals surface area contributed by atoms with Crippen molar-refractivity contribution >= 4 is 5.91 Å². The molecule has 1 N–H and O–H groups in total. The van der Waals surface area contributed by atoms with Gasteiger partial charge in [-0.2, -0.15) is 0 Å². The van der Waals surface area contributed by atoms with Gasteiger partial charge in [-0.1, -0.05) is 36.0 Å². The van der Waals surface area contributed by atoms with Crippen molar-refractivity contribution in [2.75, 3.05) is 20.6 Å². The number of allylic oxidation sites excluding steroid dienone is 5. The Bertz CT molecular complexity index is 409. The molecule has 0 radical (unpaired) electrons. The first kappa shape index (κ1) is 13.1. The third kappa shape index (κ3) is 2.56. The van der Waals surface area contributed by atoms with Crippen LogP contribution in [0.4, 0.5) is 0 Å². The van der Waals surface area contributed by atoms with Gasteiger partial charge in [0.25, 0.3) is 0 Å². The topological polar surface area (TPSA) is 32.3 Å². The molecule has 0 spiro atoms. The van der Waals surface area contributed by atoms with E-state index in [1.807, 2.05) is 25.1 Å². The first-order valence-electron chi connectivity index (χ1n) is 6.64. The second-order valence-corrected chi connectivity index (χ2v) is 5.18. The summed E-state index contributed by atoms with van der Waals surface area (Å²) in [6.07, 6.45) is 14.2. The van der Waals surface area contributed by atoms with Crippen LogP contribution in [0.1, 0.15) is 25.7 Å². The molecule has 3 nitrogen and oxygen atoms in total. The van der Waals surface area contributed by atoms with Crippen LogP contribution in [0.15, 0.2) is 36.0 Å². The maximum Gasteiger partial charge on any atom is 0.242 e. The molecule has 1 fully saturated rings. The van der Waals surface area contributed by atoms with E-state index in [9.17, 15) is 4.79 Å². The number of nitrogens with one attached hydrogen (secondary N) is 1. The molecule has 2 aliphatic rings. The Morgan fingerprint density at radius 2 is 2.22 bits per heavy atom. The molecule has 0 saturated carbocycles. The summed E-state index contributed by atoms with van der Waals surface area (Å²) >= 11 is 0. The van der Waals surface area contributed by atoms with Crippen LogP contribution in [0, 0.1) is 0 Å². The lowest BCUT2D eigenvalue weighted by atomic mass is 9.81. The predicted molar refractivity (Wildman–Crippen MR) is 74.3 cm³/mol. The SMILES string of the molecule is CNC1(CC2=CC=CC=CC2)CCCN(C)C1=O. The number of hydrogen-bond donors (Lipinski definition) is 1. The summed E-state index contributed by atoms with van der Waals surface area (Å²) in [6, 6.07) is 0. The molecule has 1 heterocycles. The van der Waals surface area contributed by atoms with Gasteiger partial charge in [0.2, 0.25) is 5.91 Å². The van der Waals surface area contributed by atoms with Crippen molar-refractivity contribution in [2.24, 2.45) is 0 Å². The van der Waals surface area contributed by atoms with Crippen LogP contribution in [0.3, 0.4) is 0 Å². The number of hydrogen-bond acceptors (Lipinski definition) is 2. The van der Waals surface area contributed by atoms with Gasteiger partial charge in [0.1, 0.15) is 5.54 Å². The van der Waals surface area contributed by atoms with E-state index >= 15 is 0 Å². The molecule has 1 aliphatic heterocycles. The summed E-state index contributed by atoms with van der Waals surface area (Å²) < 4.78 is 0. The standard InChI is InChI=1S/C15H22N2O/c1-16-15(10-7-11-17(2)14(15)18)12-13-8-5-3-4-6-9-13/h3-6,8,16H,7,9-12H2,1-2H3. The molecule has 1 unspecified atom stereocenters. The molecule has 1 amide bonds. The molecule has 1 saturated heterocycles. The number of carbonyl (C=O) groups is 1.